The van der Waals surface area contributed by atoms with Crippen LogP contribution in [0.3, 0.4) is 0 Å². The van der Waals surface area contributed by atoms with Crippen LogP contribution in [-0.4, -0.2) is 26.1 Å². The molecule has 0 aliphatic heterocycles. The van der Waals surface area contributed by atoms with Crippen LogP contribution in [0.4, 0.5) is 0 Å². The van der Waals surface area contributed by atoms with Crippen LogP contribution in [0.1, 0.15) is 17.8 Å². The van der Waals surface area contributed by atoms with Crippen molar-refractivity contribution in [1.29, 1.82) is 0 Å². The molecule has 2 aromatic heterocycles. The number of carbonyl (C=O) groups excluding carboxylic acids is 1. The van der Waals surface area contributed by atoms with Crippen LogP contribution in [0.2, 0.25) is 0 Å². The second-order valence-corrected chi connectivity index (χ2v) is 5.79. The number of thiophene rings is 1. The largest absolute Gasteiger partial charge is 0.347 e. The first kappa shape index (κ1) is 14.4. The molecule has 0 unspecified atom stereocenters. The second kappa shape index (κ2) is 6.48. The predicted molar refractivity (Wildman–Crippen MR) is 84.1 cm³/mol. The van der Waals surface area contributed by atoms with Crippen LogP contribution < -0.4 is 5.32 Å². The predicted octanol–water partition coefficient (Wildman–Crippen LogP) is 2.28. The molecule has 22 heavy (non-hydrogen) atoms. The monoisotopic (exact) mass is 313 g/mol. The van der Waals surface area contributed by atoms with Gasteiger partial charge in [0.2, 0.25) is 11.7 Å². The highest BCUT2D eigenvalue weighted by Crippen LogP contribution is 2.18. The molecule has 1 aromatic carbocycles. The summed E-state index contributed by atoms with van der Waals surface area (Å²) in [6.07, 6.45) is 0. The Morgan fingerprint density at radius 2 is 2.09 bits per heavy atom. The Morgan fingerprint density at radius 1 is 1.27 bits per heavy atom. The molecule has 112 valence electrons. The maximum atomic E-state index is 12.0. The third kappa shape index (κ3) is 3.37. The molecule has 3 aromatic rings. The number of hydrogen-bond donors (Lipinski definition) is 1. The van der Waals surface area contributed by atoms with E-state index in [1.165, 1.54) is 4.80 Å². The van der Waals surface area contributed by atoms with Crippen molar-refractivity contribution in [2.24, 2.45) is 0 Å². The van der Waals surface area contributed by atoms with E-state index >= 15 is 0 Å². The number of amides is 1. The lowest BCUT2D eigenvalue weighted by Gasteiger charge is -2.11. The van der Waals surface area contributed by atoms with Gasteiger partial charge in [-0.3, -0.25) is 4.79 Å². The van der Waals surface area contributed by atoms with Gasteiger partial charge in [-0.15, -0.1) is 21.5 Å². The zero-order valence-electron chi connectivity index (χ0n) is 12.0. The van der Waals surface area contributed by atoms with Crippen LogP contribution in [-0.2, 0) is 11.3 Å². The van der Waals surface area contributed by atoms with Crippen molar-refractivity contribution in [2.45, 2.75) is 19.5 Å². The molecule has 0 saturated carbocycles. The summed E-state index contributed by atoms with van der Waals surface area (Å²) in [4.78, 5) is 14.4. The highest BCUT2D eigenvalue weighted by atomic mass is 32.1. The number of aromatic nitrogens is 4. The summed E-state index contributed by atoms with van der Waals surface area (Å²) in [7, 11) is 0. The standard InChI is InChI=1S/C15H15N5OS/c1-11(13-8-5-9-22-13)16-14(21)10-20-18-15(17-19-20)12-6-3-2-4-7-12/h2-9,11H,10H2,1H3,(H,16,21)/t11-/m1/s1. The van der Waals surface area contributed by atoms with E-state index in [1.54, 1.807) is 11.3 Å². The van der Waals surface area contributed by atoms with E-state index in [2.05, 4.69) is 20.7 Å². The average Bonchev–Trinajstić information content (AvgIpc) is 3.19. The van der Waals surface area contributed by atoms with Gasteiger partial charge in [-0.05, 0) is 23.6 Å². The molecular weight excluding hydrogens is 298 g/mol. The molecule has 6 nitrogen and oxygen atoms in total. The van der Waals surface area contributed by atoms with Gasteiger partial charge < -0.3 is 5.32 Å². The maximum absolute atomic E-state index is 12.0. The molecule has 0 spiro atoms. The smallest absolute Gasteiger partial charge is 0.244 e. The highest BCUT2D eigenvalue weighted by Gasteiger charge is 2.13. The van der Waals surface area contributed by atoms with Crippen molar-refractivity contribution >= 4 is 17.2 Å². The molecule has 7 heteroatoms. The van der Waals surface area contributed by atoms with Gasteiger partial charge in [0.25, 0.3) is 0 Å². The molecule has 1 amide bonds. The summed E-state index contributed by atoms with van der Waals surface area (Å²) in [5.41, 5.74) is 0.876. The number of hydrogen-bond acceptors (Lipinski definition) is 5. The quantitative estimate of drug-likeness (QED) is 0.784. The molecular formula is C15H15N5OS. The van der Waals surface area contributed by atoms with Crippen LogP contribution in [0.15, 0.2) is 47.8 Å². The molecule has 3 rings (SSSR count). The first-order valence-corrected chi connectivity index (χ1v) is 7.76. The minimum absolute atomic E-state index is 0.0235. The Hall–Kier alpha value is -2.54. The van der Waals surface area contributed by atoms with Gasteiger partial charge in [0.05, 0.1) is 6.04 Å². The molecule has 1 N–H and O–H groups in total. The Labute approximate surface area is 131 Å². The van der Waals surface area contributed by atoms with E-state index in [0.29, 0.717) is 5.82 Å². The molecule has 0 aliphatic rings. The van der Waals surface area contributed by atoms with Gasteiger partial charge in [0, 0.05) is 10.4 Å². The Balaban J connectivity index is 1.62. The number of rotatable bonds is 5. The van der Waals surface area contributed by atoms with Crippen LogP contribution >= 0.6 is 11.3 Å². The molecule has 1 atom stereocenters. The van der Waals surface area contributed by atoms with Gasteiger partial charge in [0.15, 0.2) is 0 Å². The Bertz CT molecular complexity index is 738. The Morgan fingerprint density at radius 3 is 2.82 bits per heavy atom. The van der Waals surface area contributed by atoms with Gasteiger partial charge in [-0.1, -0.05) is 36.4 Å². The first-order chi connectivity index (χ1) is 10.7. The number of tetrazole rings is 1. The molecule has 0 saturated heterocycles. The number of benzene rings is 1. The van der Waals surface area contributed by atoms with Crippen molar-refractivity contribution in [3.05, 3.63) is 52.7 Å². The lowest BCUT2D eigenvalue weighted by atomic mass is 10.2. The van der Waals surface area contributed by atoms with Gasteiger partial charge in [-0.25, -0.2) is 0 Å². The van der Waals surface area contributed by atoms with E-state index < -0.39 is 0 Å². The fraction of sp³-hybridized carbons (Fsp3) is 0.200. The summed E-state index contributed by atoms with van der Waals surface area (Å²) in [5.74, 6) is 0.373. The van der Waals surface area contributed by atoms with Gasteiger partial charge in [-0.2, -0.15) is 4.80 Å². The van der Waals surface area contributed by atoms with Crippen molar-refractivity contribution < 1.29 is 4.79 Å². The van der Waals surface area contributed by atoms with Crippen LogP contribution in [0.5, 0.6) is 0 Å². The van der Waals surface area contributed by atoms with Crippen molar-refractivity contribution in [2.75, 3.05) is 0 Å². The fourth-order valence-electron chi connectivity index (χ4n) is 2.04. The van der Waals surface area contributed by atoms with Crippen molar-refractivity contribution in [3.63, 3.8) is 0 Å². The summed E-state index contributed by atoms with van der Waals surface area (Å²) in [5, 5.41) is 17.0. The lowest BCUT2D eigenvalue weighted by Crippen LogP contribution is -2.30. The molecule has 0 bridgehead atoms. The van der Waals surface area contributed by atoms with Crippen molar-refractivity contribution in [1.82, 2.24) is 25.5 Å². The van der Waals surface area contributed by atoms with E-state index in [1.807, 2.05) is 54.8 Å². The minimum atomic E-state index is -0.141. The van der Waals surface area contributed by atoms with E-state index in [9.17, 15) is 4.79 Å². The zero-order valence-corrected chi connectivity index (χ0v) is 12.8. The summed E-state index contributed by atoms with van der Waals surface area (Å²) < 4.78 is 0. The normalized spacial score (nSPS) is 12.0. The molecule has 0 fully saturated rings. The molecule has 2 heterocycles. The summed E-state index contributed by atoms with van der Waals surface area (Å²) >= 11 is 1.62. The second-order valence-electron chi connectivity index (χ2n) is 4.81. The maximum Gasteiger partial charge on any atom is 0.244 e. The fourth-order valence-corrected chi connectivity index (χ4v) is 2.77. The average molecular weight is 313 g/mol. The van der Waals surface area contributed by atoms with Gasteiger partial charge >= 0.3 is 0 Å². The van der Waals surface area contributed by atoms with Gasteiger partial charge in [0.1, 0.15) is 6.54 Å². The first-order valence-electron chi connectivity index (χ1n) is 6.88. The zero-order chi connectivity index (χ0) is 15.4. The van der Waals surface area contributed by atoms with Crippen molar-refractivity contribution in [3.8, 4) is 11.4 Å². The van der Waals surface area contributed by atoms with E-state index in [4.69, 9.17) is 0 Å². The third-order valence-corrected chi connectivity index (χ3v) is 4.17. The number of nitrogens with zero attached hydrogens (tertiary/aromatic N) is 4. The number of nitrogens with one attached hydrogen (secondary N) is 1. The Kier molecular flexibility index (Phi) is 4.24. The van der Waals surface area contributed by atoms with Crippen LogP contribution in [0.25, 0.3) is 11.4 Å². The summed E-state index contributed by atoms with van der Waals surface area (Å²) in [6.45, 7) is 2.00. The minimum Gasteiger partial charge on any atom is -0.347 e. The van der Waals surface area contributed by atoms with Crippen LogP contribution in [0, 0.1) is 0 Å². The summed E-state index contributed by atoms with van der Waals surface area (Å²) in [6, 6.07) is 13.5. The lowest BCUT2D eigenvalue weighted by molar-refractivity contribution is -0.122. The molecule has 0 radical (unpaired) electrons. The van der Waals surface area contributed by atoms with E-state index in [-0.39, 0.29) is 18.5 Å². The third-order valence-electron chi connectivity index (χ3n) is 3.12. The highest BCUT2D eigenvalue weighted by molar-refractivity contribution is 7.10. The number of carbonyl (C=O) groups is 1. The SMILES string of the molecule is C[C@@H](NC(=O)Cn1nnc(-c2ccccc2)n1)c1cccs1. The molecule has 0 aliphatic carbocycles. The van der Waals surface area contributed by atoms with E-state index in [0.717, 1.165) is 10.4 Å². The topological polar surface area (TPSA) is 72.7 Å².